The van der Waals surface area contributed by atoms with E-state index in [1.165, 1.54) is 6.07 Å². The summed E-state index contributed by atoms with van der Waals surface area (Å²) >= 11 is 0. The van der Waals surface area contributed by atoms with Gasteiger partial charge in [-0.3, -0.25) is 10.1 Å². The molecule has 0 fully saturated rings. The Morgan fingerprint density at radius 3 is 2.38 bits per heavy atom. The molecule has 4 heteroatoms. The monoisotopic (exact) mass is 297 g/mol. The smallest absolute Gasteiger partial charge is 0.170 e. The minimum absolute atomic E-state index is 0. The van der Waals surface area contributed by atoms with Gasteiger partial charge in [0, 0.05) is 39.0 Å². The van der Waals surface area contributed by atoms with Gasteiger partial charge < -0.3 is 0 Å². The van der Waals surface area contributed by atoms with Crippen LogP contribution in [0.3, 0.4) is 0 Å². The molecular weight excluding hydrogens is 279 g/mol. The fourth-order valence-electron chi connectivity index (χ4n) is 1.42. The molecule has 1 radical (unpaired) electrons. The molecule has 0 aliphatic heterocycles. The minimum atomic E-state index is -0.815. The van der Waals surface area contributed by atoms with Gasteiger partial charge in [-0.25, -0.2) is 0 Å². The molecule has 0 unspecified atom stereocenters. The number of nitro groups is 1. The van der Waals surface area contributed by atoms with Crippen molar-refractivity contribution in [3.05, 3.63) is 45.4 Å². The van der Waals surface area contributed by atoms with Gasteiger partial charge in [0.25, 0.3) is 0 Å². The second-order valence-electron chi connectivity index (χ2n) is 3.99. The fraction of sp³-hybridized carbons (Fsp3) is 0.417. The molecule has 16 heavy (non-hydrogen) atoms. The molecule has 1 rings (SSSR count). The average molecular weight is 297 g/mol. The van der Waals surface area contributed by atoms with E-state index < -0.39 is 10.8 Å². The molecule has 0 atom stereocenters. The third kappa shape index (κ3) is 3.56. The van der Waals surface area contributed by atoms with Crippen LogP contribution in [-0.4, -0.2) is 4.92 Å². The summed E-state index contributed by atoms with van der Waals surface area (Å²) in [5, 5.41) is 10.9. The van der Waals surface area contributed by atoms with Gasteiger partial charge in [0.2, 0.25) is 0 Å². The first-order chi connectivity index (χ1) is 7.23. The molecule has 0 bridgehead atoms. The van der Waals surface area contributed by atoms with E-state index in [4.69, 9.17) is 1.37 Å². The van der Waals surface area contributed by atoms with Crippen LogP contribution >= 0.6 is 0 Å². The van der Waals surface area contributed by atoms with E-state index in [-0.39, 0.29) is 38.4 Å². The molecule has 1 aromatic rings. The standard InChI is InChI=1S/C12H16NO2.Y/c1-8(2)10-5-6-11(9(3)4)12(7-10)13(14)15;/h5-8H,1-4H3;/q-1;/i8T;. The van der Waals surface area contributed by atoms with Crippen LogP contribution in [0.4, 0.5) is 5.69 Å². The Bertz CT molecular complexity index is 413. The van der Waals surface area contributed by atoms with Gasteiger partial charge >= 0.3 is 0 Å². The van der Waals surface area contributed by atoms with Gasteiger partial charge in [-0.2, -0.15) is 12.0 Å². The summed E-state index contributed by atoms with van der Waals surface area (Å²) in [6.07, 6.45) is 0. The maximum atomic E-state index is 10.9. The van der Waals surface area contributed by atoms with E-state index in [1.807, 2.05) is 13.8 Å². The Hall–Kier alpha value is -0.406. The third-order valence-corrected chi connectivity index (χ3v) is 2.31. The van der Waals surface area contributed by atoms with Crippen LogP contribution in [-0.2, 0) is 32.7 Å². The summed E-state index contributed by atoms with van der Waals surface area (Å²) in [6, 6.07) is 5.00. The molecule has 0 aromatic heterocycles. The SMILES string of the molecule is [3H]C(C)(C)c1ccc([C-](C)C)c([N+](=O)[O-])c1.[Y]. The van der Waals surface area contributed by atoms with Crippen LogP contribution in [0.25, 0.3) is 0 Å². The molecule has 0 spiro atoms. The first kappa shape index (κ1) is 13.7. The van der Waals surface area contributed by atoms with E-state index in [2.05, 4.69) is 0 Å². The first-order valence-corrected chi connectivity index (χ1v) is 4.83. The Labute approximate surface area is 123 Å². The molecule has 3 nitrogen and oxygen atoms in total. The third-order valence-electron chi connectivity index (χ3n) is 2.31. The average Bonchev–Trinajstić information content (AvgIpc) is 2.15. The van der Waals surface area contributed by atoms with Crippen LogP contribution in [0, 0.1) is 16.0 Å². The predicted octanol–water partition coefficient (Wildman–Crippen LogP) is 3.68. The first-order valence-electron chi connectivity index (χ1n) is 5.33. The molecular formula is C12H16NO2Y-. The molecule has 0 aliphatic carbocycles. The van der Waals surface area contributed by atoms with Crippen molar-refractivity contribution in [2.75, 3.05) is 0 Å². The van der Waals surface area contributed by atoms with Gasteiger partial charge in [-0.05, 0) is 12.0 Å². The molecule has 0 aliphatic rings. The number of nitrogens with zero attached hydrogens (tertiary/aromatic N) is 1. The van der Waals surface area contributed by atoms with Crippen LogP contribution in [0.2, 0.25) is 0 Å². The number of nitro benzene ring substituents is 1. The number of hydrogen-bond acceptors (Lipinski definition) is 2. The van der Waals surface area contributed by atoms with Crippen LogP contribution in [0.1, 0.15) is 46.1 Å². The molecule has 0 saturated carbocycles. The maximum absolute atomic E-state index is 10.9. The van der Waals surface area contributed by atoms with Gasteiger partial charge in [-0.1, -0.05) is 33.3 Å². The molecule has 0 heterocycles. The molecule has 0 N–H and O–H groups in total. The van der Waals surface area contributed by atoms with Crippen molar-refractivity contribution < 1.29 is 39.0 Å². The summed E-state index contributed by atoms with van der Waals surface area (Å²) in [6.45, 7) is 7.12. The number of rotatable bonds is 3. The van der Waals surface area contributed by atoms with Crippen molar-refractivity contribution in [2.45, 2.75) is 33.6 Å². The van der Waals surface area contributed by atoms with Crippen molar-refractivity contribution in [3.8, 4) is 0 Å². The Morgan fingerprint density at radius 2 is 2.00 bits per heavy atom. The van der Waals surface area contributed by atoms with E-state index in [9.17, 15) is 10.1 Å². The molecule has 0 saturated heterocycles. The van der Waals surface area contributed by atoms with Crippen LogP contribution in [0.5, 0.6) is 0 Å². The zero-order valence-electron chi connectivity index (χ0n) is 11.1. The normalized spacial score (nSPS) is 11.4. The van der Waals surface area contributed by atoms with Crippen molar-refractivity contribution in [1.82, 2.24) is 0 Å². The Balaban J connectivity index is 0.00000256. The van der Waals surface area contributed by atoms with E-state index in [1.54, 1.807) is 26.0 Å². The van der Waals surface area contributed by atoms with Gasteiger partial charge in [0.15, 0.2) is 5.69 Å². The summed E-state index contributed by atoms with van der Waals surface area (Å²) in [5.41, 5.74) is 1.38. The zero-order valence-corrected chi connectivity index (χ0v) is 12.9. The van der Waals surface area contributed by atoms with Crippen molar-refractivity contribution in [2.24, 2.45) is 0 Å². The van der Waals surface area contributed by atoms with Gasteiger partial charge in [0.05, 0.1) is 0 Å². The van der Waals surface area contributed by atoms with Crippen molar-refractivity contribution >= 4 is 5.69 Å². The summed E-state index contributed by atoms with van der Waals surface area (Å²) in [5.74, 6) is 0.0892. The largest absolute Gasteiger partial charge is 0.270 e. The minimum Gasteiger partial charge on any atom is -0.270 e. The predicted molar refractivity (Wildman–Crippen MR) is 60.9 cm³/mol. The topological polar surface area (TPSA) is 43.1 Å². The van der Waals surface area contributed by atoms with Gasteiger partial charge in [-0.15, -0.1) is 11.6 Å². The van der Waals surface area contributed by atoms with Crippen molar-refractivity contribution in [1.29, 1.82) is 0 Å². The second kappa shape index (κ2) is 6.36. The fourth-order valence-corrected chi connectivity index (χ4v) is 1.42. The van der Waals surface area contributed by atoms with E-state index in [0.717, 1.165) is 5.92 Å². The number of benzene rings is 1. The zero-order chi connectivity index (χ0) is 12.5. The van der Waals surface area contributed by atoms with E-state index in [0.29, 0.717) is 11.1 Å². The Morgan fingerprint density at radius 1 is 1.44 bits per heavy atom. The molecule has 0 amide bonds. The Kier molecular flexibility index (Phi) is 5.43. The van der Waals surface area contributed by atoms with Crippen LogP contribution < -0.4 is 0 Å². The molecule has 1 aromatic carbocycles. The maximum Gasteiger partial charge on any atom is 0.170 e. The second-order valence-corrected chi connectivity index (χ2v) is 3.99. The number of hydrogen-bond donors (Lipinski definition) is 0. The summed E-state index contributed by atoms with van der Waals surface area (Å²) in [7, 11) is 0. The van der Waals surface area contributed by atoms with Crippen LogP contribution in [0.15, 0.2) is 18.2 Å². The quantitative estimate of drug-likeness (QED) is 0.485. The van der Waals surface area contributed by atoms with Gasteiger partial charge in [0.1, 0.15) is 0 Å². The summed E-state index contributed by atoms with van der Waals surface area (Å²) in [4.78, 5) is 10.5. The van der Waals surface area contributed by atoms with E-state index >= 15 is 0 Å². The summed E-state index contributed by atoms with van der Waals surface area (Å²) < 4.78 is 7.86. The van der Waals surface area contributed by atoms with Crippen molar-refractivity contribution in [3.63, 3.8) is 0 Å². The molecule has 85 valence electrons.